The monoisotopic (exact) mass is 640 g/mol. The number of rotatable bonds is 13. The molecule has 3 N–H and O–H groups in total. The van der Waals surface area contributed by atoms with Gasteiger partial charge in [-0.15, -0.1) is 12.4 Å². The molecule has 4 rings (SSSR count). The highest BCUT2D eigenvalue weighted by Crippen LogP contribution is 2.34. The molecule has 0 spiro atoms. The zero-order valence-corrected chi connectivity index (χ0v) is 27.1. The molecule has 4 aromatic rings. The van der Waals surface area contributed by atoms with Crippen molar-refractivity contribution in [1.82, 2.24) is 5.32 Å². The zero-order valence-electron chi connectivity index (χ0n) is 24.8. The number of benzene rings is 4. The minimum Gasteiger partial charge on any atom is -0.490 e. The maximum atomic E-state index is 11.3. The van der Waals surface area contributed by atoms with Crippen LogP contribution in [0, 0.1) is 13.8 Å². The minimum absolute atomic E-state index is 0. The van der Waals surface area contributed by atoms with Gasteiger partial charge in [0, 0.05) is 19.4 Å². The Morgan fingerprint density at radius 1 is 0.907 bits per heavy atom. The van der Waals surface area contributed by atoms with Crippen LogP contribution in [0.15, 0.2) is 78.9 Å². The Morgan fingerprint density at radius 2 is 1.58 bits per heavy atom. The molecule has 228 valence electrons. The quantitative estimate of drug-likeness (QED) is 0.145. The van der Waals surface area contributed by atoms with Crippen molar-refractivity contribution in [3.8, 4) is 22.6 Å². The molecule has 0 heterocycles. The Kier molecular flexibility index (Phi) is 13.2. The fourth-order valence-electron chi connectivity index (χ4n) is 5.15. The van der Waals surface area contributed by atoms with Crippen molar-refractivity contribution in [3.63, 3.8) is 0 Å². The van der Waals surface area contributed by atoms with Gasteiger partial charge in [0.1, 0.15) is 19.0 Å². The van der Waals surface area contributed by atoms with E-state index >= 15 is 0 Å². The molecule has 0 radical (unpaired) electrons. The number of carbonyl (C=O) groups excluding carboxylic acids is 1. The summed E-state index contributed by atoms with van der Waals surface area (Å²) in [6, 6.07) is 26.8. The average molecular weight is 642 g/mol. The Bertz CT molecular complexity index is 1490. The molecule has 5 nitrogen and oxygen atoms in total. The van der Waals surface area contributed by atoms with E-state index in [0.717, 1.165) is 24.2 Å². The lowest BCUT2D eigenvalue weighted by molar-refractivity contribution is -0.118. The molecule has 0 aromatic heterocycles. The Balaban J connectivity index is 0.00000506. The number of hydrogen-bond donors (Lipinski definition) is 2. The third-order valence-electron chi connectivity index (χ3n) is 7.24. The van der Waals surface area contributed by atoms with Crippen LogP contribution in [0.3, 0.4) is 0 Å². The van der Waals surface area contributed by atoms with Crippen LogP contribution >= 0.6 is 35.6 Å². The fraction of sp³-hybridized carbons (Fsp3) is 0.286. The van der Waals surface area contributed by atoms with Crippen LogP contribution in [-0.2, 0) is 17.6 Å². The molecule has 1 atom stereocenters. The predicted octanol–water partition coefficient (Wildman–Crippen LogP) is 8.12. The van der Waals surface area contributed by atoms with Gasteiger partial charge in [-0.1, -0.05) is 77.8 Å². The van der Waals surface area contributed by atoms with E-state index in [-0.39, 0.29) is 24.2 Å². The van der Waals surface area contributed by atoms with E-state index in [0.29, 0.717) is 42.1 Å². The normalized spacial score (nSPS) is 11.4. The lowest BCUT2D eigenvalue weighted by Gasteiger charge is -2.20. The summed E-state index contributed by atoms with van der Waals surface area (Å²) >= 11 is 12.5. The highest BCUT2D eigenvalue weighted by atomic mass is 35.5. The van der Waals surface area contributed by atoms with Gasteiger partial charge in [0.25, 0.3) is 0 Å². The minimum atomic E-state index is -0.0114. The van der Waals surface area contributed by atoms with Gasteiger partial charge in [-0.3, -0.25) is 4.79 Å². The average Bonchev–Trinajstić information content (AvgIpc) is 2.96. The third kappa shape index (κ3) is 9.64. The first kappa shape index (κ1) is 34.3. The van der Waals surface area contributed by atoms with Gasteiger partial charge in [-0.25, -0.2) is 0 Å². The number of ether oxygens (including phenoxy) is 2. The second-order valence-corrected chi connectivity index (χ2v) is 11.3. The van der Waals surface area contributed by atoms with E-state index in [4.69, 9.17) is 38.4 Å². The largest absolute Gasteiger partial charge is 0.490 e. The summed E-state index contributed by atoms with van der Waals surface area (Å²) in [4.78, 5) is 11.3. The van der Waals surface area contributed by atoms with Crippen molar-refractivity contribution in [1.29, 1.82) is 0 Å². The molecule has 0 saturated carbocycles. The number of nitrogens with two attached hydrogens (primary N) is 1. The molecule has 43 heavy (non-hydrogen) atoms. The Labute approximate surface area is 271 Å². The number of halogens is 3. The van der Waals surface area contributed by atoms with Crippen LogP contribution in [0.25, 0.3) is 11.1 Å². The Morgan fingerprint density at radius 3 is 2.23 bits per heavy atom. The summed E-state index contributed by atoms with van der Waals surface area (Å²) in [5.74, 6) is 1.43. The standard InChI is InChI=1S/C35H38Cl2N2O3.ClH/c1-23-18-33(36)35(34(37)19-23)42-17-16-41-30-11-8-26(9-12-30)21-29(22-38)31-13-10-28(20-24(31)2)32-7-5-4-6-27(32)14-15-39-25(3)40;/h4-13,18-20,29H,14-17,21-22,38H2,1-3H3,(H,39,40);1H/t29-;/m1./s1. The number of hydrogen-bond acceptors (Lipinski definition) is 4. The van der Waals surface area contributed by atoms with Crippen molar-refractivity contribution in [2.45, 2.75) is 39.5 Å². The Hall–Kier alpha value is -3.22. The van der Waals surface area contributed by atoms with Gasteiger partial charge in [-0.2, -0.15) is 0 Å². The smallest absolute Gasteiger partial charge is 0.216 e. The molecule has 0 aliphatic rings. The van der Waals surface area contributed by atoms with Crippen LogP contribution in [0.1, 0.15) is 40.7 Å². The predicted molar refractivity (Wildman–Crippen MR) is 180 cm³/mol. The van der Waals surface area contributed by atoms with Gasteiger partial charge in [-0.05, 0) is 96.4 Å². The molecule has 0 unspecified atom stereocenters. The number of amides is 1. The van der Waals surface area contributed by atoms with Crippen LogP contribution in [0.2, 0.25) is 10.0 Å². The first-order valence-corrected chi connectivity index (χ1v) is 14.9. The number of aryl methyl sites for hydroxylation is 2. The summed E-state index contributed by atoms with van der Waals surface area (Å²) in [7, 11) is 0. The summed E-state index contributed by atoms with van der Waals surface area (Å²) in [5, 5.41) is 3.88. The van der Waals surface area contributed by atoms with Gasteiger partial charge in [0.05, 0.1) is 10.0 Å². The zero-order chi connectivity index (χ0) is 30.1. The SMILES string of the molecule is CC(=O)NCCc1ccccc1-c1ccc([C@@H](CN)Cc2ccc(OCCOc3c(Cl)cc(C)cc3Cl)cc2)c(C)c1.Cl. The van der Waals surface area contributed by atoms with Gasteiger partial charge >= 0.3 is 0 Å². The topological polar surface area (TPSA) is 73.6 Å². The van der Waals surface area contributed by atoms with Gasteiger partial charge in [0.15, 0.2) is 5.75 Å². The summed E-state index contributed by atoms with van der Waals surface area (Å²) in [6.07, 6.45) is 1.61. The molecular weight excluding hydrogens is 603 g/mol. The highest BCUT2D eigenvalue weighted by molar-refractivity contribution is 6.37. The lowest BCUT2D eigenvalue weighted by atomic mass is 9.87. The number of nitrogens with one attached hydrogen (secondary N) is 1. The first-order chi connectivity index (χ1) is 20.2. The van der Waals surface area contributed by atoms with Crippen LogP contribution in [-0.4, -0.2) is 32.2 Å². The van der Waals surface area contributed by atoms with Crippen LogP contribution in [0.4, 0.5) is 0 Å². The van der Waals surface area contributed by atoms with E-state index in [1.54, 1.807) is 6.92 Å². The molecule has 0 aliphatic carbocycles. The lowest BCUT2D eigenvalue weighted by Crippen LogP contribution is -2.22. The van der Waals surface area contributed by atoms with E-state index in [1.807, 2.05) is 37.3 Å². The van der Waals surface area contributed by atoms with Crippen molar-refractivity contribution >= 4 is 41.5 Å². The second-order valence-electron chi connectivity index (χ2n) is 10.5. The van der Waals surface area contributed by atoms with Crippen molar-refractivity contribution in [3.05, 3.63) is 117 Å². The second kappa shape index (κ2) is 16.6. The first-order valence-electron chi connectivity index (χ1n) is 14.2. The molecule has 0 bridgehead atoms. The highest BCUT2D eigenvalue weighted by Gasteiger charge is 2.15. The molecule has 0 saturated heterocycles. The van der Waals surface area contributed by atoms with Gasteiger partial charge < -0.3 is 20.5 Å². The number of carbonyl (C=O) groups is 1. The molecule has 1 amide bonds. The van der Waals surface area contributed by atoms with Crippen molar-refractivity contribution < 1.29 is 14.3 Å². The molecule has 0 fully saturated rings. The van der Waals surface area contributed by atoms with E-state index in [2.05, 4.69) is 60.8 Å². The maximum absolute atomic E-state index is 11.3. The van der Waals surface area contributed by atoms with Gasteiger partial charge in [0.2, 0.25) is 5.91 Å². The third-order valence-corrected chi connectivity index (χ3v) is 7.80. The fourth-order valence-corrected chi connectivity index (χ4v) is 5.85. The molecule has 0 aliphatic heterocycles. The van der Waals surface area contributed by atoms with E-state index in [9.17, 15) is 4.79 Å². The van der Waals surface area contributed by atoms with Crippen molar-refractivity contribution in [2.75, 3.05) is 26.3 Å². The van der Waals surface area contributed by atoms with Crippen LogP contribution < -0.4 is 20.5 Å². The van der Waals surface area contributed by atoms with E-state index in [1.165, 1.54) is 33.4 Å². The molecular formula is C35H39Cl3N2O3. The van der Waals surface area contributed by atoms with Crippen LogP contribution in [0.5, 0.6) is 11.5 Å². The van der Waals surface area contributed by atoms with Crippen molar-refractivity contribution in [2.24, 2.45) is 5.73 Å². The molecule has 4 aromatic carbocycles. The maximum Gasteiger partial charge on any atom is 0.216 e. The molecule has 8 heteroatoms. The summed E-state index contributed by atoms with van der Waals surface area (Å²) in [5.41, 5.74) is 14.5. The summed E-state index contributed by atoms with van der Waals surface area (Å²) < 4.78 is 11.6. The summed E-state index contributed by atoms with van der Waals surface area (Å²) in [6.45, 7) is 7.49. The van der Waals surface area contributed by atoms with E-state index < -0.39 is 0 Å².